The maximum absolute atomic E-state index is 13.0. The summed E-state index contributed by atoms with van der Waals surface area (Å²) in [4.78, 5) is 31.6. The number of carbonyl (C=O) groups excluding carboxylic acids is 2. The largest absolute Gasteiger partial charge is 0.467 e. The molecule has 0 radical (unpaired) electrons. The van der Waals surface area contributed by atoms with Gasteiger partial charge in [-0.3, -0.25) is 14.7 Å². The highest BCUT2D eigenvalue weighted by atomic mass is 16.3. The Kier molecular flexibility index (Phi) is 7.07. The number of furan rings is 1. The highest BCUT2D eigenvalue weighted by molar-refractivity contribution is 5.93. The molecule has 3 amide bonds. The summed E-state index contributed by atoms with van der Waals surface area (Å²) in [5.41, 5.74) is 3.67. The molecule has 2 heterocycles. The van der Waals surface area contributed by atoms with Crippen LogP contribution in [0.5, 0.6) is 0 Å². The summed E-state index contributed by atoms with van der Waals surface area (Å²) in [6, 6.07) is 20.9. The Labute approximate surface area is 198 Å². The normalized spacial score (nSPS) is 10.6. The lowest BCUT2D eigenvalue weighted by atomic mass is 10.2. The maximum atomic E-state index is 13.0. The number of urea groups is 1. The fourth-order valence-electron chi connectivity index (χ4n) is 3.51. The van der Waals surface area contributed by atoms with Crippen molar-refractivity contribution >= 4 is 17.9 Å². The fraction of sp³-hybridized carbons (Fsp3) is 0.192. The molecular weight excluding hydrogens is 430 g/mol. The van der Waals surface area contributed by atoms with E-state index in [1.54, 1.807) is 12.1 Å². The van der Waals surface area contributed by atoms with Crippen LogP contribution in [-0.2, 0) is 11.3 Å². The number of hydrogen-bond acceptors (Lipinski definition) is 4. The van der Waals surface area contributed by atoms with Gasteiger partial charge in [0.05, 0.1) is 18.5 Å². The molecule has 0 aliphatic heterocycles. The molecule has 4 aromatic rings. The zero-order chi connectivity index (χ0) is 23.9. The molecule has 0 spiro atoms. The number of aromatic nitrogens is 2. The van der Waals surface area contributed by atoms with Gasteiger partial charge in [-0.05, 0) is 38.1 Å². The third kappa shape index (κ3) is 5.53. The van der Waals surface area contributed by atoms with Crippen LogP contribution in [0, 0.1) is 6.92 Å². The molecule has 2 N–H and O–H groups in total. The number of nitrogens with one attached hydrogen (secondary N) is 2. The van der Waals surface area contributed by atoms with Gasteiger partial charge in [-0.25, -0.2) is 9.78 Å². The van der Waals surface area contributed by atoms with Crippen LogP contribution in [0.25, 0.3) is 16.9 Å². The molecule has 0 aliphatic rings. The molecule has 8 heteroatoms. The molecule has 34 heavy (non-hydrogen) atoms. The van der Waals surface area contributed by atoms with E-state index in [-0.39, 0.29) is 25.0 Å². The van der Waals surface area contributed by atoms with Crippen molar-refractivity contribution < 1.29 is 14.0 Å². The highest BCUT2D eigenvalue weighted by Gasteiger charge is 2.20. The van der Waals surface area contributed by atoms with E-state index in [2.05, 4.69) is 15.6 Å². The van der Waals surface area contributed by atoms with Crippen LogP contribution in [0.2, 0.25) is 0 Å². The Morgan fingerprint density at radius 1 is 1.03 bits per heavy atom. The lowest BCUT2D eigenvalue weighted by Gasteiger charge is -2.21. The van der Waals surface area contributed by atoms with Crippen molar-refractivity contribution in [2.45, 2.75) is 20.4 Å². The molecule has 0 unspecified atom stereocenters. The number of anilines is 1. The van der Waals surface area contributed by atoms with E-state index in [0.29, 0.717) is 18.3 Å². The second-order valence-electron chi connectivity index (χ2n) is 7.84. The number of rotatable bonds is 8. The Bertz CT molecular complexity index is 1230. The number of aryl methyl sites for hydroxylation is 1. The minimum absolute atomic E-state index is 0.159. The Hall–Kier alpha value is -4.33. The summed E-state index contributed by atoms with van der Waals surface area (Å²) in [5, 5.41) is 5.62. The first-order chi connectivity index (χ1) is 16.5. The number of nitrogens with zero attached hydrogens (tertiary/aromatic N) is 3. The van der Waals surface area contributed by atoms with Crippen LogP contribution in [0.1, 0.15) is 18.2 Å². The fourth-order valence-corrected chi connectivity index (χ4v) is 3.51. The Morgan fingerprint density at radius 2 is 1.79 bits per heavy atom. The summed E-state index contributed by atoms with van der Waals surface area (Å²) < 4.78 is 7.20. The van der Waals surface area contributed by atoms with E-state index in [1.807, 2.05) is 79.2 Å². The molecule has 0 saturated carbocycles. The number of amides is 3. The molecule has 0 atom stereocenters. The predicted molar refractivity (Wildman–Crippen MR) is 131 cm³/mol. The van der Waals surface area contributed by atoms with E-state index in [1.165, 1.54) is 11.2 Å². The average Bonchev–Trinajstić information content (AvgIpc) is 3.50. The summed E-state index contributed by atoms with van der Waals surface area (Å²) in [6.07, 6.45) is 3.43. The number of hydrogen-bond donors (Lipinski definition) is 2. The van der Waals surface area contributed by atoms with Crippen molar-refractivity contribution in [3.05, 3.63) is 90.5 Å². The minimum Gasteiger partial charge on any atom is -0.467 e. The second-order valence-corrected chi connectivity index (χ2v) is 7.84. The van der Waals surface area contributed by atoms with Gasteiger partial charge in [0.15, 0.2) is 0 Å². The zero-order valence-corrected chi connectivity index (χ0v) is 19.2. The van der Waals surface area contributed by atoms with Gasteiger partial charge in [0.2, 0.25) is 11.9 Å². The summed E-state index contributed by atoms with van der Waals surface area (Å²) in [6.45, 7) is 4.31. The maximum Gasteiger partial charge on any atom is 0.318 e. The second kappa shape index (κ2) is 10.5. The molecule has 2 aromatic carbocycles. The molecule has 0 aliphatic carbocycles. The molecule has 2 aromatic heterocycles. The molecule has 0 bridgehead atoms. The number of imidazole rings is 1. The molecular formula is C26H27N5O3. The first-order valence-electron chi connectivity index (χ1n) is 11.1. The van der Waals surface area contributed by atoms with Crippen molar-refractivity contribution in [3.63, 3.8) is 0 Å². The molecule has 4 rings (SSSR count). The van der Waals surface area contributed by atoms with Gasteiger partial charge in [0, 0.05) is 24.0 Å². The van der Waals surface area contributed by atoms with Crippen LogP contribution in [0.3, 0.4) is 0 Å². The average molecular weight is 458 g/mol. The van der Waals surface area contributed by atoms with Crippen molar-refractivity contribution in [1.29, 1.82) is 0 Å². The molecule has 8 nitrogen and oxygen atoms in total. The van der Waals surface area contributed by atoms with Gasteiger partial charge in [0.1, 0.15) is 12.3 Å². The van der Waals surface area contributed by atoms with Crippen LogP contribution < -0.4 is 10.6 Å². The third-order valence-electron chi connectivity index (χ3n) is 5.22. The van der Waals surface area contributed by atoms with Gasteiger partial charge in [-0.1, -0.05) is 48.0 Å². The first-order valence-corrected chi connectivity index (χ1v) is 11.1. The van der Waals surface area contributed by atoms with Crippen LogP contribution >= 0.6 is 0 Å². The number of carbonyl (C=O) groups is 2. The van der Waals surface area contributed by atoms with E-state index >= 15 is 0 Å². The standard InChI is InChI=1S/C26H27N5O3/c1-3-27-26(33)30(16-22-10-7-15-34-22)18-24(32)29-25-28-23(20-8-5-4-6-9-20)17-31(25)21-13-11-19(2)12-14-21/h4-15,17H,3,16,18H2,1-2H3,(H,27,33)(H,28,29,32). The van der Waals surface area contributed by atoms with Gasteiger partial charge in [0.25, 0.3) is 0 Å². The van der Waals surface area contributed by atoms with Crippen molar-refractivity contribution in [1.82, 2.24) is 19.8 Å². The van der Waals surface area contributed by atoms with Crippen molar-refractivity contribution in [2.24, 2.45) is 0 Å². The van der Waals surface area contributed by atoms with Crippen molar-refractivity contribution in [2.75, 3.05) is 18.4 Å². The van der Waals surface area contributed by atoms with Gasteiger partial charge < -0.3 is 14.6 Å². The van der Waals surface area contributed by atoms with E-state index in [4.69, 9.17) is 4.42 Å². The quantitative estimate of drug-likeness (QED) is 0.404. The smallest absolute Gasteiger partial charge is 0.318 e. The molecule has 174 valence electrons. The lowest BCUT2D eigenvalue weighted by Crippen LogP contribution is -2.43. The van der Waals surface area contributed by atoms with E-state index < -0.39 is 0 Å². The summed E-state index contributed by atoms with van der Waals surface area (Å²) >= 11 is 0. The van der Waals surface area contributed by atoms with Gasteiger partial charge in [-0.15, -0.1) is 0 Å². The monoisotopic (exact) mass is 457 g/mol. The Balaban J connectivity index is 1.59. The van der Waals surface area contributed by atoms with E-state index in [9.17, 15) is 9.59 Å². The number of benzene rings is 2. The van der Waals surface area contributed by atoms with Crippen LogP contribution in [-0.4, -0.2) is 39.5 Å². The lowest BCUT2D eigenvalue weighted by molar-refractivity contribution is -0.117. The third-order valence-corrected chi connectivity index (χ3v) is 5.22. The highest BCUT2D eigenvalue weighted by Crippen LogP contribution is 2.24. The van der Waals surface area contributed by atoms with Crippen LogP contribution in [0.4, 0.5) is 10.7 Å². The minimum atomic E-state index is -0.364. The van der Waals surface area contributed by atoms with Gasteiger partial charge in [-0.2, -0.15) is 0 Å². The first kappa shape index (κ1) is 22.8. The molecule has 0 fully saturated rings. The zero-order valence-electron chi connectivity index (χ0n) is 19.2. The van der Waals surface area contributed by atoms with E-state index in [0.717, 1.165) is 22.5 Å². The molecule has 0 saturated heterocycles. The summed E-state index contributed by atoms with van der Waals surface area (Å²) in [7, 11) is 0. The predicted octanol–water partition coefficient (Wildman–Crippen LogP) is 4.61. The SMILES string of the molecule is CCNC(=O)N(CC(=O)Nc1nc(-c2ccccc2)cn1-c1ccc(C)cc1)Cc1ccco1. The Morgan fingerprint density at radius 3 is 2.47 bits per heavy atom. The summed E-state index contributed by atoms with van der Waals surface area (Å²) in [5.74, 6) is 0.601. The van der Waals surface area contributed by atoms with Gasteiger partial charge >= 0.3 is 6.03 Å². The van der Waals surface area contributed by atoms with Crippen molar-refractivity contribution in [3.8, 4) is 16.9 Å². The van der Waals surface area contributed by atoms with Crippen LogP contribution in [0.15, 0.2) is 83.6 Å². The topological polar surface area (TPSA) is 92.4 Å².